The third-order valence-corrected chi connectivity index (χ3v) is 4.65. The maximum Gasteiger partial charge on any atom is 0.337 e. The first kappa shape index (κ1) is 22.6. The van der Waals surface area contributed by atoms with Crippen molar-refractivity contribution in [3.8, 4) is 11.8 Å². The Hall–Kier alpha value is -4.08. The van der Waals surface area contributed by atoms with Gasteiger partial charge in [-0.25, -0.2) is 4.79 Å². The van der Waals surface area contributed by atoms with Crippen LogP contribution in [0.25, 0.3) is 6.08 Å². The number of nitriles is 1. The number of hydrogen-bond acceptors (Lipinski definition) is 5. The van der Waals surface area contributed by atoms with Crippen molar-refractivity contribution in [2.45, 2.75) is 6.61 Å². The van der Waals surface area contributed by atoms with Crippen molar-refractivity contribution < 1.29 is 19.1 Å². The summed E-state index contributed by atoms with van der Waals surface area (Å²) in [5.74, 6) is -0.379. The molecule has 1 N–H and O–H groups in total. The van der Waals surface area contributed by atoms with Gasteiger partial charge in [0.2, 0.25) is 0 Å². The number of amides is 1. The van der Waals surface area contributed by atoms with Crippen LogP contribution in [0, 0.1) is 11.3 Å². The van der Waals surface area contributed by atoms with E-state index in [1.54, 1.807) is 42.5 Å². The minimum Gasteiger partial charge on any atom is -0.489 e. The number of nitrogens with one attached hydrogen (secondary N) is 1. The lowest BCUT2D eigenvalue weighted by molar-refractivity contribution is -0.112. The first-order chi connectivity index (χ1) is 15.5. The maximum absolute atomic E-state index is 12.4. The highest BCUT2D eigenvalue weighted by molar-refractivity contribution is 6.30. The molecule has 7 heteroatoms. The van der Waals surface area contributed by atoms with E-state index in [1.807, 2.05) is 24.3 Å². The van der Waals surface area contributed by atoms with Crippen LogP contribution in [0.2, 0.25) is 5.02 Å². The number of methoxy groups -OCH3 is 1. The normalized spacial score (nSPS) is 10.7. The summed E-state index contributed by atoms with van der Waals surface area (Å²) in [6.07, 6.45) is 1.49. The van der Waals surface area contributed by atoms with Crippen molar-refractivity contribution in [3.63, 3.8) is 0 Å². The van der Waals surface area contributed by atoms with Crippen molar-refractivity contribution in [2.24, 2.45) is 0 Å². The summed E-state index contributed by atoms with van der Waals surface area (Å²) in [7, 11) is 1.29. The van der Waals surface area contributed by atoms with Gasteiger partial charge in [-0.2, -0.15) is 5.26 Å². The molecule has 0 unspecified atom stereocenters. The van der Waals surface area contributed by atoms with Gasteiger partial charge in [-0.05, 0) is 65.7 Å². The van der Waals surface area contributed by atoms with E-state index >= 15 is 0 Å². The molecule has 0 atom stereocenters. The first-order valence-electron chi connectivity index (χ1n) is 9.57. The summed E-state index contributed by atoms with van der Waals surface area (Å²) in [5, 5.41) is 12.7. The molecule has 3 aromatic carbocycles. The van der Waals surface area contributed by atoms with Crippen LogP contribution in [-0.2, 0) is 16.1 Å². The van der Waals surface area contributed by atoms with Crippen LogP contribution in [0.4, 0.5) is 5.69 Å². The summed E-state index contributed by atoms with van der Waals surface area (Å²) in [6.45, 7) is 0.371. The largest absolute Gasteiger partial charge is 0.489 e. The second kappa shape index (κ2) is 10.8. The summed E-state index contributed by atoms with van der Waals surface area (Å²) in [5.41, 5.74) is 2.37. The standard InChI is InChI=1S/C25H19ClN2O4/c1-31-25(30)19-7-9-22(10-8-19)28-24(29)20(15-27)13-17-5-11-23(12-6-17)32-16-18-3-2-4-21(26)14-18/h2-14H,16H2,1H3,(H,28,29)/b20-13+. The highest BCUT2D eigenvalue weighted by Crippen LogP contribution is 2.18. The topological polar surface area (TPSA) is 88.4 Å². The maximum atomic E-state index is 12.4. The molecule has 0 saturated carbocycles. The van der Waals surface area contributed by atoms with E-state index in [0.717, 1.165) is 5.56 Å². The predicted molar refractivity (Wildman–Crippen MR) is 122 cm³/mol. The fraction of sp³-hybridized carbons (Fsp3) is 0.0800. The number of esters is 1. The second-order valence-electron chi connectivity index (χ2n) is 6.68. The number of nitrogens with zero attached hydrogens (tertiary/aromatic N) is 1. The molecule has 0 spiro atoms. The zero-order chi connectivity index (χ0) is 22.9. The van der Waals surface area contributed by atoms with Gasteiger partial charge in [0.25, 0.3) is 5.91 Å². The molecule has 3 aromatic rings. The second-order valence-corrected chi connectivity index (χ2v) is 7.12. The third-order valence-electron chi connectivity index (χ3n) is 4.41. The monoisotopic (exact) mass is 446 g/mol. The summed E-state index contributed by atoms with van der Waals surface area (Å²) in [4.78, 5) is 23.9. The average Bonchev–Trinajstić information content (AvgIpc) is 2.82. The van der Waals surface area contributed by atoms with Gasteiger partial charge >= 0.3 is 5.97 Å². The van der Waals surface area contributed by atoms with Gasteiger partial charge in [0.1, 0.15) is 24.0 Å². The van der Waals surface area contributed by atoms with E-state index in [1.165, 1.54) is 25.3 Å². The average molecular weight is 447 g/mol. The molecule has 0 aliphatic rings. The molecule has 0 fully saturated rings. The fourth-order valence-corrected chi connectivity index (χ4v) is 2.99. The number of carbonyl (C=O) groups is 2. The Morgan fingerprint density at radius 3 is 2.41 bits per heavy atom. The number of benzene rings is 3. The SMILES string of the molecule is COC(=O)c1ccc(NC(=O)/C(C#N)=C/c2ccc(OCc3cccc(Cl)c3)cc2)cc1. The Morgan fingerprint density at radius 2 is 1.78 bits per heavy atom. The fourth-order valence-electron chi connectivity index (χ4n) is 2.77. The number of halogens is 1. The van der Waals surface area contributed by atoms with Crippen LogP contribution in [0.3, 0.4) is 0 Å². The molecule has 0 heterocycles. The molecule has 0 radical (unpaired) electrons. The van der Waals surface area contributed by atoms with E-state index in [-0.39, 0.29) is 5.57 Å². The molecule has 3 rings (SSSR count). The highest BCUT2D eigenvalue weighted by atomic mass is 35.5. The zero-order valence-corrected chi connectivity index (χ0v) is 17.9. The molecule has 0 aliphatic carbocycles. The van der Waals surface area contributed by atoms with E-state index < -0.39 is 11.9 Å². The van der Waals surface area contributed by atoms with Crippen molar-refractivity contribution in [1.29, 1.82) is 5.26 Å². The zero-order valence-electron chi connectivity index (χ0n) is 17.2. The van der Waals surface area contributed by atoms with Crippen LogP contribution in [0.5, 0.6) is 5.75 Å². The Morgan fingerprint density at radius 1 is 1.06 bits per heavy atom. The van der Waals surface area contributed by atoms with Gasteiger partial charge in [-0.3, -0.25) is 4.79 Å². The van der Waals surface area contributed by atoms with Gasteiger partial charge in [-0.1, -0.05) is 35.9 Å². The molecule has 32 heavy (non-hydrogen) atoms. The van der Waals surface area contributed by atoms with Crippen LogP contribution in [-0.4, -0.2) is 19.0 Å². The lowest BCUT2D eigenvalue weighted by atomic mass is 10.1. The molecule has 1 amide bonds. The Balaban J connectivity index is 1.63. The van der Waals surface area contributed by atoms with Gasteiger partial charge in [0, 0.05) is 10.7 Å². The van der Waals surface area contributed by atoms with Crippen LogP contribution < -0.4 is 10.1 Å². The van der Waals surface area contributed by atoms with E-state index in [0.29, 0.717) is 34.2 Å². The number of rotatable bonds is 7. The van der Waals surface area contributed by atoms with Crippen LogP contribution in [0.1, 0.15) is 21.5 Å². The van der Waals surface area contributed by atoms with E-state index in [2.05, 4.69) is 10.1 Å². The lowest BCUT2D eigenvalue weighted by Gasteiger charge is -2.07. The molecule has 160 valence electrons. The Bertz CT molecular complexity index is 1180. The Labute approximate surface area is 190 Å². The van der Waals surface area contributed by atoms with Gasteiger partial charge < -0.3 is 14.8 Å². The minimum atomic E-state index is -0.556. The van der Waals surface area contributed by atoms with Crippen LogP contribution >= 0.6 is 11.6 Å². The quantitative estimate of drug-likeness (QED) is 0.304. The lowest BCUT2D eigenvalue weighted by Crippen LogP contribution is -2.13. The van der Waals surface area contributed by atoms with Crippen molar-refractivity contribution in [1.82, 2.24) is 0 Å². The van der Waals surface area contributed by atoms with Gasteiger partial charge in [0.05, 0.1) is 12.7 Å². The van der Waals surface area contributed by atoms with Crippen LogP contribution in [0.15, 0.2) is 78.4 Å². The Kier molecular flexibility index (Phi) is 7.63. The number of ether oxygens (including phenoxy) is 2. The van der Waals surface area contributed by atoms with Gasteiger partial charge in [-0.15, -0.1) is 0 Å². The van der Waals surface area contributed by atoms with Crippen molar-refractivity contribution in [2.75, 3.05) is 12.4 Å². The van der Waals surface area contributed by atoms with Crippen molar-refractivity contribution >= 4 is 35.2 Å². The number of hydrogen-bond donors (Lipinski definition) is 1. The first-order valence-corrected chi connectivity index (χ1v) is 9.95. The number of anilines is 1. The molecule has 0 aromatic heterocycles. The minimum absolute atomic E-state index is 0.0605. The molecular weight excluding hydrogens is 428 g/mol. The van der Waals surface area contributed by atoms with Crippen molar-refractivity contribution in [3.05, 3.63) is 100 Å². The summed E-state index contributed by atoms with van der Waals surface area (Å²) >= 11 is 5.97. The highest BCUT2D eigenvalue weighted by Gasteiger charge is 2.11. The smallest absolute Gasteiger partial charge is 0.337 e. The molecule has 0 saturated heterocycles. The molecule has 6 nitrogen and oxygen atoms in total. The summed E-state index contributed by atoms with van der Waals surface area (Å²) in [6, 6.07) is 22.5. The predicted octanol–water partition coefficient (Wildman–Crippen LogP) is 5.25. The third kappa shape index (κ3) is 6.21. The molecule has 0 aliphatic heterocycles. The molecule has 0 bridgehead atoms. The van der Waals surface area contributed by atoms with Gasteiger partial charge in [0.15, 0.2) is 0 Å². The molecular formula is C25H19ClN2O4. The summed E-state index contributed by atoms with van der Waals surface area (Å²) < 4.78 is 10.4. The van der Waals surface area contributed by atoms with E-state index in [4.69, 9.17) is 16.3 Å². The number of carbonyl (C=O) groups excluding carboxylic acids is 2. The van der Waals surface area contributed by atoms with E-state index in [9.17, 15) is 14.9 Å².